The lowest BCUT2D eigenvalue weighted by Gasteiger charge is -2.36. The van der Waals surface area contributed by atoms with E-state index in [-0.39, 0.29) is 5.54 Å². The average Bonchev–Trinajstić information content (AvgIpc) is 2.63. The number of nitrogens with one attached hydrogen (secondary N) is 1. The molecule has 0 aromatic rings. The van der Waals surface area contributed by atoms with Crippen LogP contribution in [-0.2, 0) is 4.74 Å². The second-order valence-electron chi connectivity index (χ2n) is 5.56. The smallest absolute Gasteiger partial charge is 0.0711 e. The molecule has 2 unspecified atom stereocenters. The van der Waals surface area contributed by atoms with Crippen LogP contribution in [0.15, 0.2) is 12.7 Å². The molecule has 0 aromatic carbocycles. The monoisotopic (exact) mass is 226 g/mol. The molecule has 0 saturated carbocycles. The van der Waals surface area contributed by atoms with Crippen LogP contribution in [0, 0.1) is 0 Å². The van der Waals surface area contributed by atoms with Crippen LogP contribution in [0.4, 0.5) is 0 Å². The van der Waals surface area contributed by atoms with E-state index in [9.17, 15) is 0 Å². The van der Waals surface area contributed by atoms with Gasteiger partial charge in [-0.15, -0.1) is 6.58 Å². The molecule has 1 aliphatic rings. The van der Waals surface area contributed by atoms with Gasteiger partial charge in [-0.25, -0.2) is 0 Å². The molecular formula is C13H26N2O. The van der Waals surface area contributed by atoms with Crippen LogP contribution in [0.5, 0.6) is 0 Å². The molecule has 2 atom stereocenters. The lowest BCUT2D eigenvalue weighted by molar-refractivity contribution is 0.109. The Morgan fingerprint density at radius 3 is 2.62 bits per heavy atom. The normalized spacial score (nSPS) is 26.3. The molecule has 0 amide bonds. The van der Waals surface area contributed by atoms with Crippen LogP contribution in [0.3, 0.4) is 0 Å². The Hall–Kier alpha value is -0.380. The maximum Gasteiger partial charge on any atom is 0.0711 e. The van der Waals surface area contributed by atoms with Crippen LogP contribution < -0.4 is 5.32 Å². The minimum Gasteiger partial charge on any atom is -0.380 e. The first-order chi connectivity index (χ1) is 7.47. The van der Waals surface area contributed by atoms with Gasteiger partial charge in [0.2, 0.25) is 0 Å². The maximum atomic E-state index is 5.37. The predicted molar refractivity (Wildman–Crippen MR) is 68.7 cm³/mol. The largest absolute Gasteiger partial charge is 0.380 e. The van der Waals surface area contributed by atoms with Crippen molar-refractivity contribution >= 4 is 0 Å². The van der Waals surface area contributed by atoms with E-state index >= 15 is 0 Å². The number of nitrogens with zero attached hydrogens (tertiary/aromatic N) is 1. The molecule has 0 aliphatic carbocycles. The molecule has 0 bridgehead atoms. The summed E-state index contributed by atoms with van der Waals surface area (Å²) in [6, 6.07) is 0.545. The Morgan fingerprint density at radius 2 is 2.19 bits per heavy atom. The van der Waals surface area contributed by atoms with Crippen molar-refractivity contribution in [2.45, 2.75) is 44.9 Å². The van der Waals surface area contributed by atoms with Gasteiger partial charge in [0, 0.05) is 38.3 Å². The fraction of sp³-hybridized carbons (Fsp3) is 0.846. The third kappa shape index (κ3) is 3.89. The first-order valence-electron chi connectivity index (χ1n) is 6.09. The minimum absolute atomic E-state index is 0.195. The topological polar surface area (TPSA) is 24.5 Å². The van der Waals surface area contributed by atoms with E-state index in [1.54, 1.807) is 7.11 Å². The number of hydrogen-bond acceptors (Lipinski definition) is 3. The molecular weight excluding hydrogens is 200 g/mol. The molecule has 3 nitrogen and oxygen atoms in total. The molecule has 1 aliphatic heterocycles. The summed E-state index contributed by atoms with van der Waals surface area (Å²) in [6.07, 6.45) is 3.48. The standard InChI is InChI=1S/C13H26N2O/c1-6-7-15(13(2,3)4)10-11-8-12(16-5)9-14-11/h6,11-12,14H,1,7-10H2,2-5H3. The maximum absolute atomic E-state index is 5.37. The third-order valence-corrected chi connectivity index (χ3v) is 3.25. The van der Waals surface area contributed by atoms with E-state index in [0.717, 1.165) is 26.1 Å². The molecule has 16 heavy (non-hydrogen) atoms. The van der Waals surface area contributed by atoms with Crippen molar-refractivity contribution in [1.82, 2.24) is 10.2 Å². The first-order valence-corrected chi connectivity index (χ1v) is 6.09. The van der Waals surface area contributed by atoms with Crippen molar-refractivity contribution in [2.24, 2.45) is 0 Å². The lowest BCUT2D eigenvalue weighted by atomic mass is 10.0. The van der Waals surface area contributed by atoms with E-state index in [4.69, 9.17) is 4.74 Å². The molecule has 3 heteroatoms. The van der Waals surface area contributed by atoms with Crippen molar-refractivity contribution < 1.29 is 4.74 Å². The van der Waals surface area contributed by atoms with E-state index < -0.39 is 0 Å². The Morgan fingerprint density at radius 1 is 1.50 bits per heavy atom. The lowest BCUT2D eigenvalue weighted by Crippen LogP contribution is -2.47. The van der Waals surface area contributed by atoms with Crippen molar-refractivity contribution in [3.05, 3.63) is 12.7 Å². The van der Waals surface area contributed by atoms with Gasteiger partial charge in [-0.1, -0.05) is 6.08 Å². The van der Waals surface area contributed by atoms with Crippen LogP contribution in [-0.4, -0.2) is 49.3 Å². The summed E-state index contributed by atoms with van der Waals surface area (Å²) in [6.45, 7) is 13.6. The highest BCUT2D eigenvalue weighted by Crippen LogP contribution is 2.17. The van der Waals surface area contributed by atoms with Crippen LogP contribution in [0.2, 0.25) is 0 Å². The average molecular weight is 226 g/mol. The van der Waals surface area contributed by atoms with Crippen molar-refractivity contribution in [2.75, 3.05) is 26.7 Å². The minimum atomic E-state index is 0.195. The molecule has 94 valence electrons. The quantitative estimate of drug-likeness (QED) is 0.721. The molecule has 0 aromatic heterocycles. The summed E-state index contributed by atoms with van der Waals surface area (Å²) in [4.78, 5) is 2.45. The number of ether oxygens (including phenoxy) is 1. The van der Waals surface area contributed by atoms with E-state index in [0.29, 0.717) is 12.1 Å². The Labute approximate surface area is 99.8 Å². The van der Waals surface area contributed by atoms with Gasteiger partial charge in [0.15, 0.2) is 0 Å². The van der Waals surface area contributed by atoms with Gasteiger partial charge in [-0.3, -0.25) is 4.90 Å². The fourth-order valence-electron chi connectivity index (χ4n) is 2.14. The summed E-state index contributed by atoms with van der Waals surface area (Å²) in [7, 11) is 1.79. The Kier molecular flexibility index (Phi) is 4.96. The zero-order valence-corrected chi connectivity index (χ0v) is 11.1. The third-order valence-electron chi connectivity index (χ3n) is 3.25. The highest BCUT2D eigenvalue weighted by atomic mass is 16.5. The first kappa shape index (κ1) is 13.7. The zero-order chi connectivity index (χ0) is 12.2. The number of methoxy groups -OCH3 is 1. The summed E-state index contributed by atoms with van der Waals surface area (Å²) in [5, 5.41) is 3.52. The molecule has 0 spiro atoms. The predicted octanol–water partition coefficient (Wildman–Crippen LogP) is 1.65. The van der Waals surface area contributed by atoms with E-state index in [2.05, 4.69) is 37.6 Å². The van der Waals surface area contributed by atoms with Gasteiger partial charge in [0.1, 0.15) is 0 Å². The number of hydrogen-bond donors (Lipinski definition) is 1. The van der Waals surface area contributed by atoms with Crippen LogP contribution in [0.25, 0.3) is 0 Å². The van der Waals surface area contributed by atoms with E-state index in [1.807, 2.05) is 6.08 Å². The Bertz CT molecular complexity index is 222. The van der Waals surface area contributed by atoms with Crippen molar-refractivity contribution in [1.29, 1.82) is 0 Å². The van der Waals surface area contributed by atoms with Crippen LogP contribution in [0.1, 0.15) is 27.2 Å². The zero-order valence-electron chi connectivity index (χ0n) is 11.1. The van der Waals surface area contributed by atoms with Gasteiger partial charge in [0.25, 0.3) is 0 Å². The van der Waals surface area contributed by atoms with Gasteiger partial charge < -0.3 is 10.1 Å². The summed E-state index contributed by atoms with van der Waals surface area (Å²) in [5.41, 5.74) is 0.195. The fourth-order valence-corrected chi connectivity index (χ4v) is 2.14. The highest BCUT2D eigenvalue weighted by Gasteiger charge is 2.28. The second-order valence-corrected chi connectivity index (χ2v) is 5.56. The highest BCUT2D eigenvalue weighted by molar-refractivity contribution is 4.90. The van der Waals surface area contributed by atoms with Crippen molar-refractivity contribution in [3.63, 3.8) is 0 Å². The summed E-state index contributed by atoms with van der Waals surface area (Å²) in [5.74, 6) is 0. The number of rotatable bonds is 5. The molecule has 1 N–H and O–H groups in total. The van der Waals surface area contributed by atoms with Gasteiger partial charge in [-0.05, 0) is 27.2 Å². The summed E-state index contributed by atoms with van der Waals surface area (Å²) >= 11 is 0. The second kappa shape index (κ2) is 5.80. The molecule has 1 rings (SSSR count). The van der Waals surface area contributed by atoms with Gasteiger partial charge in [0.05, 0.1) is 6.10 Å². The Balaban J connectivity index is 2.46. The molecule has 1 saturated heterocycles. The molecule has 1 fully saturated rings. The van der Waals surface area contributed by atoms with Crippen LogP contribution >= 0.6 is 0 Å². The molecule has 0 radical (unpaired) electrons. The summed E-state index contributed by atoms with van der Waals surface area (Å²) < 4.78 is 5.37. The van der Waals surface area contributed by atoms with Crippen molar-refractivity contribution in [3.8, 4) is 0 Å². The van der Waals surface area contributed by atoms with E-state index in [1.165, 1.54) is 0 Å². The van der Waals surface area contributed by atoms with Gasteiger partial charge >= 0.3 is 0 Å². The SMILES string of the molecule is C=CCN(CC1CC(OC)CN1)C(C)(C)C. The van der Waals surface area contributed by atoms with Gasteiger partial charge in [-0.2, -0.15) is 0 Å². The molecule has 1 heterocycles.